The van der Waals surface area contributed by atoms with E-state index in [1.165, 1.54) is 17.4 Å². The lowest BCUT2D eigenvalue weighted by atomic mass is 10.0. The molecule has 0 saturated carbocycles. The number of aliphatic hydroxyl groups is 1. The Labute approximate surface area is 117 Å². The van der Waals surface area contributed by atoms with Crippen LogP contribution in [0.1, 0.15) is 32.5 Å². The Hall–Kier alpha value is -1.17. The molecular weight excluding hydrogens is 316 g/mol. The van der Waals surface area contributed by atoms with Crippen molar-refractivity contribution in [3.8, 4) is 0 Å². The average molecular weight is 327 g/mol. The minimum Gasteiger partial charge on any atom is -0.478 e. The molecule has 1 aromatic carbocycles. The number of aryl methyl sites for hydroxylation is 1. The molecular formula is C13H11BrO3S. The van der Waals surface area contributed by atoms with Gasteiger partial charge in [0.05, 0.1) is 10.4 Å². The molecule has 0 aliphatic rings. The molecule has 2 N–H and O–H groups in total. The molecule has 0 radical (unpaired) electrons. The first-order valence-corrected chi connectivity index (χ1v) is 6.92. The normalized spacial score (nSPS) is 12.4. The molecule has 3 nitrogen and oxygen atoms in total. The van der Waals surface area contributed by atoms with Gasteiger partial charge in [-0.3, -0.25) is 0 Å². The lowest BCUT2D eigenvalue weighted by Crippen LogP contribution is -2.04. The van der Waals surface area contributed by atoms with Crippen LogP contribution in [0.3, 0.4) is 0 Å². The molecule has 18 heavy (non-hydrogen) atoms. The van der Waals surface area contributed by atoms with Crippen molar-refractivity contribution in [2.75, 3.05) is 0 Å². The summed E-state index contributed by atoms with van der Waals surface area (Å²) in [7, 11) is 0. The molecule has 0 bridgehead atoms. The van der Waals surface area contributed by atoms with Gasteiger partial charge in [-0.25, -0.2) is 4.79 Å². The van der Waals surface area contributed by atoms with E-state index >= 15 is 0 Å². The molecule has 0 aliphatic heterocycles. The second-order valence-corrected chi connectivity index (χ2v) is 5.72. The van der Waals surface area contributed by atoms with E-state index in [1.807, 2.05) is 19.1 Å². The molecule has 0 fully saturated rings. The number of benzene rings is 1. The topological polar surface area (TPSA) is 57.5 Å². The first-order chi connectivity index (χ1) is 8.50. The Balaban J connectivity index is 2.41. The molecule has 0 amide bonds. The van der Waals surface area contributed by atoms with E-state index in [9.17, 15) is 9.90 Å². The largest absolute Gasteiger partial charge is 0.478 e. The number of hydrogen-bond donors (Lipinski definition) is 2. The van der Waals surface area contributed by atoms with Crippen molar-refractivity contribution in [3.63, 3.8) is 0 Å². The number of carboxylic acid groups (broad SMARTS) is 1. The number of carboxylic acids is 1. The quantitative estimate of drug-likeness (QED) is 0.906. The van der Waals surface area contributed by atoms with Crippen molar-refractivity contribution in [2.45, 2.75) is 13.0 Å². The zero-order chi connectivity index (χ0) is 13.3. The Bertz CT molecular complexity index is 592. The minimum atomic E-state index is -1.02. The molecule has 1 aromatic heterocycles. The predicted octanol–water partition coefficient (Wildman–Crippen LogP) is 3.60. The van der Waals surface area contributed by atoms with Crippen molar-refractivity contribution in [2.24, 2.45) is 0 Å². The maximum atomic E-state index is 11.0. The van der Waals surface area contributed by atoms with E-state index in [0.29, 0.717) is 10.4 Å². The van der Waals surface area contributed by atoms with Crippen molar-refractivity contribution in [1.82, 2.24) is 0 Å². The van der Waals surface area contributed by atoms with Gasteiger partial charge in [0, 0.05) is 4.47 Å². The molecule has 1 unspecified atom stereocenters. The summed E-state index contributed by atoms with van der Waals surface area (Å²) in [6.07, 6.45) is -0.909. The summed E-state index contributed by atoms with van der Waals surface area (Å²) in [5.74, 6) is -1.02. The third kappa shape index (κ3) is 2.48. The molecule has 94 valence electrons. The Kier molecular flexibility index (Phi) is 3.85. The van der Waals surface area contributed by atoms with Crippen molar-refractivity contribution in [1.29, 1.82) is 0 Å². The van der Waals surface area contributed by atoms with Gasteiger partial charge in [-0.05, 0) is 35.6 Å². The Morgan fingerprint density at radius 1 is 1.39 bits per heavy atom. The maximum Gasteiger partial charge on any atom is 0.336 e. The highest BCUT2D eigenvalue weighted by Crippen LogP contribution is 2.31. The highest BCUT2D eigenvalue weighted by Gasteiger charge is 2.20. The summed E-state index contributed by atoms with van der Waals surface area (Å²) >= 11 is 4.65. The fourth-order valence-corrected chi connectivity index (χ4v) is 2.93. The minimum absolute atomic E-state index is 0.157. The maximum absolute atomic E-state index is 11.0. The van der Waals surface area contributed by atoms with Crippen LogP contribution in [-0.4, -0.2) is 16.2 Å². The Morgan fingerprint density at radius 2 is 2.11 bits per heavy atom. The number of aromatic carboxylic acids is 1. The third-order valence-electron chi connectivity index (χ3n) is 2.69. The van der Waals surface area contributed by atoms with Gasteiger partial charge >= 0.3 is 5.97 Å². The van der Waals surface area contributed by atoms with E-state index in [0.717, 1.165) is 10.0 Å². The zero-order valence-corrected chi connectivity index (χ0v) is 12.0. The van der Waals surface area contributed by atoms with Crippen LogP contribution in [0.15, 0.2) is 34.1 Å². The van der Waals surface area contributed by atoms with Gasteiger partial charge < -0.3 is 10.2 Å². The van der Waals surface area contributed by atoms with Crippen LogP contribution in [0.4, 0.5) is 0 Å². The molecule has 0 aliphatic carbocycles. The lowest BCUT2D eigenvalue weighted by molar-refractivity contribution is 0.0692. The van der Waals surface area contributed by atoms with Gasteiger partial charge in [-0.15, -0.1) is 11.3 Å². The zero-order valence-electron chi connectivity index (χ0n) is 9.55. The van der Waals surface area contributed by atoms with Gasteiger partial charge in [0.25, 0.3) is 0 Å². The lowest BCUT2D eigenvalue weighted by Gasteiger charge is -2.11. The standard InChI is InChI=1S/C13H11BrO3S/c1-7-2-3-8(6-10(7)14)11(15)12-9(13(16)17)4-5-18-12/h2-6,11,15H,1H3,(H,16,17). The highest BCUT2D eigenvalue weighted by atomic mass is 79.9. The third-order valence-corrected chi connectivity index (χ3v) is 4.51. The molecule has 1 heterocycles. The van der Waals surface area contributed by atoms with E-state index in [-0.39, 0.29) is 5.56 Å². The highest BCUT2D eigenvalue weighted by molar-refractivity contribution is 9.10. The first kappa shape index (κ1) is 13.3. The second-order valence-electron chi connectivity index (χ2n) is 3.91. The predicted molar refractivity (Wildman–Crippen MR) is 74.2 cm³/mol. The summed E-state index contributed by atoms with van der Waals surface area (Å²) in [5, 5.41) is 21.0. The molecule has 2 aromatic rings. The van der Waals surface area contributed by atoms with Crippen LogP contribution in [-0.2, 0) is 0 Å². The summed E-state index contributed by atoms with van der Waals surface area (Å²) in [6.45, 7) is 1.95. The first-order valence-electron chi connectivity index (χ1n) is 5.25. The molecule has 5 heteroatoms. The average Bonchev–Trinajstić information content (AvgIpc) is 2.81. The van der Waals surface area contributed by atoms with Crippen LogP contribution in [0.2, 0.25) is 0 Å². The van der Waals surface area contributed by atoms with Crippen LogP contribution in [0, 0.1) is 6.92 Å². The van der Waals surface area contributed by atoms with Crippen molar-refractivity contribution in [3.05, 3.63) is 55.7 Å². The molecule has 0 saturated heterocycles. The van der Waals surface area contributed by atoms with E-state index in [2.05, 4.69) is 15.9 Å². The summed E-state index contributed by atoms with van der Waals surface area (Å²) < 4.78 is 0.896. The van der Waals surface area contributed by atoms with Gasteiger partial charge in [-0.1, -0.05) is 28.1 Å². The fraction of sp³-hybridized carbons (Fsp3) is 0.154. The number of carbonyl (C=O) groups is 1. The monoisotopic (exact) mass is 326 g/mol. The number of rotatable bonds is 3. The van der Waals surface area contributed by atoms with E-state index in [4.69, 9.17) is 5.11 Å². The SMILES string of the molecule is Cc1ccc(C(O)c2sccc2C(=O)O)cc1Br. The second kappa shape index (κ2) is 5.22. The van der Waals surface area contributed by atoms with E-state index in [1.54, 1.807) is 11.4 Å². The Morgan fingerprint density at radius 3 is 2.72 bits per heavy atom. The molecule has 1 atom stereocenters. The van der Waals surface area contributed by atoms with Crippen molar-refractivity contribution >= 4 is 33.2 Å². The fourth-order valence-electron chi connectivity index (χ4n) is 1.64. The van der Waals surface area contributed by atoms with Gasteiger partial charge in [0.15, 0.2) is 0 Å². The number of aliphatic hydroxyl groups excluding tert-OH is 1. The summed E-state index contributed by atoms with van der Waals surface area (Å²) in [4.78, 5) is 11.5. The summed E-state index contributed by atoms with van der Waals surface area (Å²) in [6, 6.07) is 7.01. The molecule has 2 rings (SSSR count). The smallest absolute Gasteiger partial charge is 0.336 e. The van der Waals surface area contributed by atoms with Crippen LogP contribution < -0.4 is 0 Å². The van der Waals surface area contributed by atoms with Gasteiger partial charge in [0.1, 0.15) is 6.10 Å². The number of hydrogen-bond acceptors (Lipinski definition) is 3. The van der Waals surface area contributed by atoms with Crippen molar-refractivity contribution < 1.29 is 15.0 Å². The van der Waals surface area contributed by atoms with E-state index < -0.39 is 12.1 Å². The number of halogens is 1. The van der Waals surface area contributed by atoms with Gasteiger partial charge in [-0.2, -0.15) is 0 Å². The molecule has 0 spiro atoms. The van der Waals surface area contributed by atoms with Crippen LogP contribution in [0.5, 0.6) is 0 Å². The van der Waals surface area contributed by atoms with Gasteiger partial charge in [0.2, 0.25) is 0 Å². The number of thiophene rings is 1. The van der Waals surface area contributed by atoms with Crippen LogP contribution >= 0.6 is 27.3 Å². The van der Waals surface area contributed by atoms with Crippen LogP contribution in [0.25, 0.3) is 0 Å². The summed E-state index contributed by atoms with van der Waals surface area (Å²) in [5.41, 5.74) is 1.90.